The van der Waals surface area contributed by atoms with Crippen LogP contribution in [0, 0.1) is 5.82 Å². The summed E-state index contributed by atoms with van der Waals surface area (Å²) in [6.07, 6.45) is 4.21. The van der Waals surface area contributed by atoms with Crippen molar-refractivity contribution in [1.29, 1.82) is 0 Å². The molecule has 0 spiro atoms. The van der Waals surface area contributed by atoms with E-state index in [-0.39, 0.29) is 12.2 Å². The van der Waals surface area contributed by atoms with Gasteiger partial charge in [0.15, 0.2) is 0 Å². The molecule has 0 aliphatic heterocycles. The number of amides is 1. The first-order valence-electron chi connectivity index (χ1n) is 5.15. The summed E-state index contributed by atoms with van der Waals surface area (Å²) in [4.78, 5) is 19.3. The van der Waals surface area contributed by atoms with Gasteiger partial charge in [0.25, 0.3) is 5.91 Å². The Kier molecular flexibility index (Phi) is 3.84. The van der Waals surface area contributed by atoms with E-state index in [0.717, 1.165) is 0 Å². The lowest BCUT2D eigenvalue weighted by Gasteiger charge is -2.06. The fourth-order valence-corrected chi connectivity index (χ4v) is 1.56. The maximum absolute atomic E-state index is 13.4. The van der Waals surface area contributed by atoms with Crippen LogP contribution in [-0.2, 0) is 6.54 Å². The number of aromatic nitrogens is 2. The van der Waals surface area contributed by atoms with Crippen molar-refractivity contribution < 1.29 is 9.18 Å². The maximum Gasteiger partial charge on any atom is 0.271 e. The molecule has 0 saturated carbocycles. The van der Waals surface area contributed by atoms with E-state index in [9.17, 15) is 9.18 Å². The van der Waals surface area contributed by atoms with Crippen LogP contribution in [0.3, 0.4) is 0 Å². The second-order valence-corrected chi connectivity index (χ2v) is 3.95. The van der Waals surface area contributed by atoms with Crippen molar-refractivity contribution in [2.24, 2.45) is 0 Å². The van der Waals surface area contributed by atoms with Gasteiger partial charge in [-0.15, -0.1) is 0 Å². The molecule has 6 heteroatoms. The summed E-state index contributed by atoms with van der Waals surface area (Å²) in [5, 5.41) is 2.96. The van der Waals surface area contributed by atoms with E-state index in [1.165, 1.54) is 36.8 Å². The predicted molar refractivity (Wildman–Crippen MR) is 64.6 cm³/mol. The fraction of sp³-hybridized carbons (Fsp3) is 0.0833. The lowest BCUT2D eigenvalue weighted by atomic mass is 10.2. The first kappa shape index (κ1) is 12.4. The number of nitrogens with zero attached hydrogens (tertiary/aromatic N) is 2. The summed E-state index contributed by atoms with van der Waals surface area (Å²) in [6.45, 7) is 0.0435. The van der Waals surface area contributed by atoms with Crippen molar-refractivity contribution >= 4 is 17.5 Å². The molecule has 2 aromatic rings. The van der Waals surface area contributed by atoms with Crippen molar-refractivity contribution in [2.45, 2.75) is 6.54 Å². The van der Waals surface area contributed by atoms with E-state index >= 15 is 0 Å². The predicted octanol–water partition coefficient (Wildman–Crippen LogP) is 2.20. The number of carbonyl (C=O) groups is 1. The molecule has 18 heavy (non-hydrogen) atoms. The molecule has 0 aliphatic rings. The number of benzene rings is 1. The Morgan fingerprint density at radius 3 is 2.94 bits per heavy atom. The molecule has 0 bridgehead atoms. The number of halogens is 2. The van der Waals surface area contributed by atoms with Crippen molar-refractivity contribution in [2.75, 3.05) is 0 Å². The monoisotopic (exact) mass is 265 g/mol. The van der Waals surface area contributed by atoms with Gasteiger partial charge in [0.05, 0.1) is 6.20 Å². The zero-order chi connectivity index (χ0) is 13.0. The number of hydrogen-bond acceptors (Lipinski definition) is 3. The first-order valence-corrected chi connectivity index (χ1v) is 5.53. The Bertz CT molecular complexity index is 563. The molecule has 0 fully saturated rings. The third kappa shape index (κ3) is 3.01. The van der Waals surface area contributed by atoms with Crippen LogP contribution in [0.15, 0.2) is 36.8 Å². The minimum absolute atomic E-state index is 0.0435. The van der Waals surface area contributed by atoms with Crippen LogP contribution in [0.2, 0.25) is 5.02 Å². The van der Waals surface area contributed by atoms with E-state index in [0.29, 0.717) is 10.6 Å². The molecule has 1 aromatic carbocycles. The number of carbonyl (C=O) groups excluding carboxylic acids is 1. The second kappa shape index (κ2) is 5.55. The number of nitrogens with one attached hydrogen (secondary N) is 1. The molecule has 92 valence electrons. The van der Waals surface area contributed by atoms with Gasteiger partial charge in [0, 0.05) is 29.5 Å². The van der Waals surface area contributed by atoms with Crippen LogP contribution in [0.25, 0.3) is 0 Å². The lowest BCUT2D eigenvalue weighted by molar-refractivity contribution is 0.0945. The van der Waals surface area contributed by atoms with Crippen molar-refractivity contribution in [1.82, 2.24) is 15.3 Å². The highest BCUT2D eigenvalue weighted by molar-refractivity contribution is 6.30. The molecule has 1 amide bonds. The fourth-order valence-electron chi connectivity index (χ4n) is 1.36. The largest absolute Gasteiger partial charge is 0.346 e. The molecular weight excluding hydrogens is 257 g/mol. The maximum atomic E-state index is 13.4. The SMILES string of the molecule is O=C(NCc1cc(Cl)ccc1F)c1cnccn1. The summed E-state index contributed by atoms with van der Waals surface area (Å²) < 4.78 is 13.4. The standard InChI is InChI=1S/C12H9ClFN3O/c13-9-1-2-10(14)8(5-9)6-17-12(18)11-7-15-3-4-16-11/h1-5,7H,6H2,(H,17,18). The molecule has 2 rings (SSSR count). The lowest BCUT2D eigenvalue weighted by Crippen LogP contribution is -2.24. The van der Waals surface area contributed by atoms with Crippen molar-refractivity contribution in [3.05, 3.63) is 58.9 Å². The van der Waals surface area contributed by atoms with Gasteiger partial charge in [-0.2, -0.15) is 0 Å². The Hall–Kier alpha value is -2.01. The Labute approximate surface area is 108 Å². The van der Waals surface area contributed by atoms with Gasteiger partial charge in [-0.1, -0.05) is 11.6 Å². The molecule has 0 aliphatic carbocycles. The Morgan fingerprint density at radius 2 is 2.22 bits per heavy atom. The van der Waals surface area contributed by atoms with Gasteiger partial charge >= 0.3 is 0 Å². The summed E-state index contributed by atoms with van der Waals surface area (Å²) in [6, 6.07) is 4.17. The molecular formula is C12H9ClFN3O. The van der Waals surface area contributed by atoms with Gasteiger partial charge in [-0.3, -0.25) is 9.78 Å². The minimum Gasteiger partial charge on any atom is -0.346 e. The van der Waals surface area contributed by atoms with Crippen LogP contribution < -0.4 is 5.32 Å². The Morgan fingerprint density at radius 1 is 1.39 bits per heavy atom. The van der Waals surface area contributed by atoms with Crippen molar-refractivity contribution in [3.63, 3.8) is 0 Å². The molecule has 0 unspecified atom stereocenters. The van der Waals surface area contributed by atoms with Crippen LogP contribution in [-0.4, -0.2) is 15.9 Å². The van der Waals surface area contributed by atoms with Gasteiger partial charge in [-0.05, 0) is 18.2 Å². The van der Waals surface area contributed by atoms with Crippen LogP contribution >= 0.6 is 11.6 Å². The summed E-state index contributed by atoms with van der Waals surface area (Å²) >= 11 is 5.75. The van der Waals surface area contributed by atoms with Crippen LogP contribution in [0.5, 0.6) is 0 Å². The van der Waals surface area contributed by atoms with Gasteiger partial charge < -0.3 is 5.32 Å². The molecule has 0 radical (unpaired) electrons. The zero-order valence-corrected chi connectivity index (χ0v) is 9.99. The molecule has 1 N–H and O–H groups in total. The third-order valence-electron chi connectivity index (χ3n) is 2.24. The molecule has 0 saturated heterocycles. The molecule has 1 heterocycles. The van der Waals surface area contributed by atoms with Gasteiger partial charge in [0.1, 0.15) is 11.5 Å². The van der Waals surface area contributed by atoms with Gasteiger partial charge in [0.2, 0.25) is 0 Å². The highest BCUT2D eigenvalue weighted by atomic mass is 35.5. The van der Waals surface area contributed by atoms with E-state index < -0.39 is 11.7 Å². The average molecular weight is 266 g/mol. The number of hydrogen-bond donors (Lipinski definition) is 1. The minimum atomic E-state index is -0.418. The summed E-state index contributed by atoms with van der Waals surface area (Å²) in [7, 11) is 0. The molecule has 0 atom stereocenters. The average Bonchev–Trinajstić information content (AvgIpc) is 2.40. The Balaban J connectivity index is 2.04. The van der Waals surface area contributed by atoms with E-state index in [4.69, 9.17) is 11.6 Å². The van der Waals surface area contributed by atoms with Crippen LogP contribution in [0.1, 0.15) is 16.1 Å². The summed E-state index contributed by atoms with van der Waals surface area (Å²) in [5.41, 5.74) is 0.500. The third-order valence-corrected chi connectivity index (χ3v) is 2.48. The van der Waals surface area contributed by atoms with E-state index in [2.05, 4.69) is 15.3 Å². The zero-order valence-electron chi connectivity index (χ0n) is 9.23. The second-order valence-electron chi connectivity index (χ2n) is 3.51. The smallest absolute Gasteiger partial charge is 0.271 e. The highest BCUT2D eigenvalue weighted by Gasteiger charge is 2.08. The molecule has 1 aromatic heterocycles. The molecule has 4 nitrogen and oxygen atoms in total. The van der Waals surface area contributed by atoms with Crippen molar-refractivity contribution in [3.8, 4) is 0 Å². The van der Waals surface area contributed by atoms with E-state index in [1.54, 1.807) is 0 Å². The van der Waals surface area contributed by atoms with Crippen LogP contribution in [0.4, 0.5) is 4.39 Å². The topological polar surface area (TPSA) is 54.9 Å². The highest BCUT2D eigenvalue weighted by Crippen LogP contribution is 2.14. The quantitative estimate of drug-likeness (QED) is 0.926. The first-order chi connectivity index (χ1) is 8.66. The normalized spacial score (nSPS) is 10.1. The summed E-state index contributed by atoms with van der Waals surface area (Å²) in [5.74, 6) is -0.832. The van der Waals surface area contributed by atoms with E-state index in [1.807, 2.05) is 0 Å². The number of rotatable bonds is 3. The van der Waals surface area contributed by atoms with Gasteiger partial charge in [-0.25, -0.2) is 9.37 Å².